The van der Waals surface area contributed by atoms with Gasteiger partial charge >= 0.3 is 0 Å². The Hall–Kier alpha value is -0.630. The highest BCUT2D eigenvalue weighted by molar-refractivity contribution is 9.10. The Bertz CT molecular complexity index is 632. The fraction of sp³-hybridized carbons (Fsp3) is 0.417. The number of hydrogen-bond acceptors (Lipinski definition) is 3. The zero-order valence-corrected chi connectivity index (χ0v) is 14.4. The first-order valence-electron chi connectivity index (χ1n) is 5.86. The van der Waals surface area contributed by atoms with Gasteiger partial charge in [-0.05, 0) is 25.0 Å². The van der Waals surface area contributed by atoms with Crippen LogP contribution in [0.5, 0.6) is 0 Å². The number of carbonyl (C=O) groups is 1. The molecule has 1 atom stereocenters. The normalized spacial score (nSPS) is 13.3. The predicted molar refractivity (Wildman–Crippen MR) is 82.3 cm³/mol. The van der Waals surface area contributed by atoms with Crippen molar-refractivity contribution in [2.24, 2.45) is 11.1 Å². The molecule has 8 heteroatoms. The standard InChI is InChI=1S/C12H16BrClN2O3S/c1-6(2)7(3)16-12(17)9-4-8(13)5-10(11(9)14)20(15,18)19/h4-7H,1-3H3,(H,16,17)(H2,15,18,19). The molecule has 0 heterocycles. The van der Waals surface area contributed by atoms with Crippen molar-refractivity contribution in [1.82, 2.24) is 5.32 Å². The molecule has 3 N–H and O–H groups in total. The second kappa shape index (κ2) is 6.43. The summed E-state index contributed by atoms with van der Waals surface area (Å²) < 4.78 is 23.3. The van der Waals surface area contributed by atoms with Gasteiger partial charge in [0.2, 0.25) is 10.0 Å². The SMILES string of the molecule is CC(C)C(C)NC(=O)c1cc(Br)cc(S(N)(=O)=O)c1Cl. The molecule has 0 aromatic heterocycles. The van der Waals surface area contributed by atoms with Crippen LogP contribution < -0.4 is 10.5 Å². The minimum absolute atomic E-state index is 0.0672. The van der Waals surface area contributed by atoms with E-state index >= 15 is 0 Å². The molecular formula is C12H16BrClN2O3S. The molecular weight excluding hydrogens is 368 g/mol. The second-order valence-electron chi connectivity index (χ2n) is 4.82. The highest BCUT2D eigenvalue weighted by atomic mass is 79.9. The van der Waals surface area contributed by atoms with E-state index in [0.717, 1.165) is 0 Å². The minimum atomic E-state index is -4.00. The highest BCUT2D eigenvalue weighted by Crippen LogP contribution is 2.29. The third-order valence-corrected chi connectivity index (χ3v) is 4.83. The van der Waals surface area contributed by atoms with Gasteiger partial charge in [-0.15, -0.1) is 0 Å². The zero-order valence-electron chi connectivity index (χ0n) is 11.3. The van der Waals surface area contributed by atoms with E-state index in [0.29, 0.717) is 4.47 Å². The van der Waals surface area contributed by atoms with Crippen LogP contribution in [0.4, 0.5) is 0 Å². The Morgan fingerprint density at radius 3 is 2.35 bits per heavy atom. The number of carbonyl (C=O) groups excluding carboxylic acids is 1. The van der Waals surface area contributed by atoms with Crippen molar-refractivity contribution in [3.05, 3.63) is 27.2 Å². The maximum Gasteiger partial charge on any atom is 0.253 e. The number of benzene rings is 1. The third-order valence-electron chi connectivity index (χ3n) is 2.91. The Morgan fingerprint density at radius 1 is 1.35 bits per heavy atom. The first-order chi connectivity index (χ1) is 9.04. The summed E-state index contributed by atoms with van der Waals surface area (Å²) in [6.07, 6.45) is 0. The molecule has 1 unspecified atom stereocenters. The summed E-state index contributed by atoms with van der Waals surface area (Å²) in [4.78, 5) is 11.9. The Labute approximate surface area is 132 Å². The van der Waals surface area contributed by atoms with Crippen molar-refractivity contribution in [3.8, 4) is 0 Å². The number of rotatable bonds is 4. The zero-order chi connectivity index (χ0) is 15.7. The minimum Gasteiger partial charge on any atom is -0.349 e. The van der Waals surface area contributed by atoms with Crippen LogP contribution in [0.1, 0.15) is 31.1 Å². The second-order valence-corrected chi connectivity index (χ2v) is 7.64. The lowest BCUT2D eigenvalue weighted by atomic mass is 10.1. The molecule has 0 aliphatic heterocycles. The van der Waals surface area contributed by atoms with Crippen LogP contribution in [-0.2, 0) is 10.0 Å². The van der Waals surface area contributed by atoms with Crippen LogP contribution in [0.15, 0.2) is 21.5 Å². The smallest absolute Gasteiger partial charge is 0.253 e. The summed E-state index contributed by atoms with van der Waals surface area (Å²) in [6.45, 7) is 5.78. The van der Waals surface area contributed by atoms with Crippen molar-refractivity contribution in [1.29, 1.82) is 0 Å². The number of amides is 1. The molecule has 20 heavy (non-hydrogen) atoms. The van der Waals surface area contributed by atoms with Crippen molar-refractivity contribution in [2.75, 3.05) is 0 Å². The molecule has 0 radical (unpaired) electrons. The van der Waals surface area contributed by atoms with E-state index in [4.69, 9.17) is 16.7 Å². The lowest BCUT2D eigenvalue weighted by molar-refractivity contribution is 0.0930. The monoisotopic (exact) mass is 382 g/mol. The van der Waals surface area contributed by atoms with E-state index in [2.05, 4.69) is 21.2 Å². The van der Waals surface area contributed by atoms with Gasteiger partial charge in [-0.25, -0.2) is 13.6 Å². The molecule has 112 valence electrons. The molecule has 0 aliphatic carbocycles. The maximum absolute atomic E-state index is 12.2. The van der Waals surface area contributed by atoms with Crippen LogP contribution in [0.25, 0.3) is 0 Å². The molecule has 0 fully saturated rings. The third kappa shape index (κ3) is 4.18. The molecule has 0 spiro atoms. The van der Waals surface area contributed by atoms with Gasteiger partial charge in [0.1, 0.15) is 4.90 Å². The number of primary sulfonamides is 1. The van der Waals surface area contributed by atoms with E-state index in [1.807, 2.05) is 20.8 Å². The van der Waals surface area contributed by atoms with Gasteiger partial charge in [-0.3, -0.25) is 4.79 Å². The lowest BCUT2D eigenvalue weighted by Gasteiger charge is -2.18. The Kier molecular flexibility index (Phi) is 5.60. The van der Waals surface area contributed by atoms with Crippen LogP contribution in [-0.4, -0.2) is 20.4 Å². The summed E-state index contributed by atoms with van der Waals surface area (Å²) in [5.41, 5.74) is 0.0672. The summed E-state index contributed by atoms with van der Waals surface area (Å²) in [7, 11) is -4.00. The van der Waals surface area contributed by atoms with Crippen molar-refractivity contribution < 1.29 is 13.2 Å². The van der Waals surface area contributed by atoms with Crippen LogP contribution >= 0.6 is 27.5 Å². The van der Waals surface area contributed by atoms with Crippen molar-refractivity contribution in [3.63, 3.8) is 0 Å². The Morgan fingerprint density at radius 2 is 1.90 bits per heavy atom. The average molecular weight is 384 g/mol. The van der Waals surface area contributed by atoms with Crippen molar-refractivity contribution in [2.45, 2.75) is 31.7 Å². The first kappa shape index (κ1) is 17.4. The van der Waals surface area contributed by atoms with Crippen molar-refractivity contribution >= 4 is 43.5 Å². The number of nitrogens with two attached hydrogens (primary N) is 1. The topological polar surface area (TPSA) is 89.3 Å². The molecule has 1 aromatic rings. The molecule has 1 amide bonds. The molecule has 1 rings (SSSR count). The van der Waals surface area contributed by atoms with E-state index < -0.39 is 15.9 Å². The summed E-state index contributed by atoms with van der Waals surface area (Å²) in [5, 5.41) is 7.67. The maximum atomic E-state index is 12.2. The van der Waals surface area contributed by atoms with E-state index in [-0.39, 0.29) is 27.4 Å². The van der Waals surface area contributed by atoms with Gasteiger partial charge in [0.25, 0.3) is 5.91 Å². The lowest BCUT2D eigenvalue weighted by Crippen LogP contribution is -2.36. The van der Waals surface area contributed by atoms with Crippen LogP contribution in [0.2, 0.25) is 5.02 Å². The van der Waals surface area contributed by atoms with Gasteiger partial charge in [0.15, 0.2) is 0 Å². The highest BCUT2D eigenvalue weighted by Gasteiger charge is 2.22. The molecule has 1 aromatic carbocycles. The van der Waals surface area contributed by atoms with E-state index in [1.165, 1.54) is 12.1 Å². The molecule has 0 saturated heterocycles. The largest absolute Gasteiger partial charge is 0.349 e. The van der Waals surface area contributed by atoms with E-state index in [1.54, 1.807) is 0 Å². The summed E-state index contributed by atoms with van der Waals surface area (Å²) in [5.74, 6) is -0.204. The van der Waals surface area contributed by atoms with Gasteiger partial charge in [0.05, 0.1) is 10.6 Å². The fourth-order valence-corrected chi connectivity index (χ4v) is 3.17. The predicted octanol–water partition coefficient (Wildman–Crippen LogP) is 2.52. The number of hydrogen-bond donors (Lipinski definition) is 2. The van der Waals surface area contributed by atoms with Gasteiger partial charge in [0, 0.05) is 10.5 Å². The van der Waals surface area contributed by atoms with E-state index in [9.17, 15) is 13.2 Å². The van der Waals surface area contributed by atoms with Gasteiger partial charge in [-0.2, -0.15) is 0 Å². The molecule has 0 bridgehead atoms. The molecule has 5 nitrogen and oxygen atoms in total. The van der Waals surface area contributed by atoms with Crippen LogP contribution in [0, 0.1) is 5.92 Å². The number of sulfonamides is 1. The summed E-state index contributed by atoms with van der Waals surface area (Å²) >= 11 is 9.13. The number of halogens is 2. The molecule has 0 saturated carbocycles. The van der Waals surface area contributed by atoms with Crippen LogP contribution in [0.3, 0.4) is 0 Å². The summed E-state index contributed by atoms with van der Waals surface area (Å²) in [6, 6.07) is 2.65. The number of nitrogens with one attached hydrogen (secondary N) is 1. The average Bonchev–Trinajstić information content (AvgIpc) is 2.29. The van der Waals surface area contributed by atoms with Gasteiger partial charge in [-0.1, -0.05) is 41.4 Å². The first-order valence-corrected chi connectivity index (χ1v) is 8.58. The fourth-order valence-electron chi connectivity index (χ4n) is 1.39. The molecule has 0 aliphatic rings. The quantitative estimate of drug-likeness (QED) is 0.837. The Balaban J connectivity index is 3.26. The van der Waals surface area contributed by atoms with Gasteiger partial charge < -0.3 is 5.32 Å².